The minimum atomic E-state index is -0.0341. The molecule has 0 bridgehead atoms. The van der Waals surface area contributed by atoms with Crippen molar-refractivity contribution in [3.63, 3.8) is 0 Å². The number of anilines is 2. The SMILES string of the molecule is O=C(Nc1ccc(N2CCN(C(=O)c3ccccc3Cl)CC2)nc1)C1CCCC1. The average Bonchev–Trinajstić information content (AvgIpc) is 3.30. The van der Waals surface area contributed by atoms with Crippen LogP contribution in [0.3, 0.4) is 0 Å². The van der Waals surface area contributed by atoms with Gasteiger partial charge in [0.2, 0.25) is 5.91 Å². The summed E-state index contributed by atoms with van der Waals surface area (Å²) < 4.78 is 0. The van der Waals surface area contributed by atoms with Crippen LogP contribution in [-0.4, -0.2) is 47.9 Å². The second-order valence-electron chi connectivity index (χ2n) is 7.63. The normalized spacial score (nSPS) is 17.4. The molecule has 0 unspecified atom stereocenters. The van der Waals surface area contributed by atoms with Gasteiger partial charge >= 0.3 is 0 Å². The third kappa shape index (κ3) is 4.53. The first-order valence-electron chi connectivity index (χ1n) is 10.2. The quantitative estimate of drug-likeness (QED) is 0.828. The zero-order valence-electron chi connectivity index (χ0n) is 16.3. The first-order chi connectivity index (χ1) is 14.1. The number of hydrogen-bond donors (Lipinski definition) is 1. The number of halogens is 1. The number of carbonyl (C=O) groups excluding carboxylic acids is 2. The van der Waals surface area contributed by atoms with Gasteiger partial charge in [0, 0.05) is 32.1 Å². The van der Waals surface area contributed by atoms with E-state index < -0.39 is 0 Å². The molecule has 1 aliphatic carbocycles. The molecule has 2 heterocycles. The minimum Gasteiger partial charge on any atom is -0.353 e. The van der Waals surface area contributed by atoms with Crippen molar-refractivity contribution < 1.29 is 9.59 Å². The molecule has 1 saturated carbocycles. The fourth-order valence-electron chi connectivity index (χ4n) is 4.02. The van der Waals surface area contributed by atoms with Gasteiger partial charge in [-0.1, -0.05) is 36.6 Å². The number of pyridine rings is 1. The van der Waals surface area contributed by atoms with Crippen molar-refractivity contribution in [2.75, 3.05) is 36.4 Å². The Morgan fingerprint density at radius 2 is 1.72 bits per heavy atom. The highest BCUT2D eigenvalue weighted by Gasteiger charge is 2.25. The lowest BCUT2D eigenvalue weighted by molar-refractivity contribution is -0.119. The lowest BCUT2D eigenvalue weighted by atomic mass is 10.1. The predicted molar refractivity (Wildman–Crippen MR) is 114 cm³/mol. The van der Waals surface area contributed by atoms with E-state index in [4.69, 9.17) is 11.6 Å². The number of nitrogens with zero attached hydrogens (tertiary/aromatic N) is 3. The van der Waals surface area contributed by atoms with Crippen LogP contribution in [-0.2, 0) is 4.79 Å². The van der Waals surface area contributed by atoms with Gasteiger partial charge in [-0.2, -0.15) is 0 Å². The van der Waals surface area contributed by atoms with E-state index in [0.717, 1.165) is 37.2 Å². The Kier molecular flexibility index (Phi) is 6.00. The molecular formula is C22H25ClN4O2. The molecule has 4 rings (SSSR count). The molecule has 2 aliphatic rings. The molecule has 6 nitrogen and oxygen atoms in total. The summed E-state index contributed by atoms with van der Waals surface area (Å²) in [6.45, 7) is 2.64. The maximum absolute atomic E-state index is 12.7. The molecule has 2 amide bonds. The topological polar surface area (TPSA) is 65.5 Å². The van der Waals surface area contributed by atoms with E-state index in [-0.39, 0.29) is 17.7 Å². The molecule has 2 fully saturated rings. The Labute approximate surface area is 175 Å². The molecule has 1 saturated heterocycles. The summed E-state index contributed by atoms with van der Waals surface area (Å²) in [5, 5.41) is 3.46. The third-order valence-corrected chi connectivity index (χ3v) is 6.07. The molecule has 152 valence electrons. The van der Waals surface area contributed by atoms with Crippen molar-refractivity contribution in [2.24, 2.45) is 5.92 Å². The number of aromatic nitrogens is 1. The lowest BCUT2D eigenvalue weighted by Crippen LogP contribution is -2.49. The predicted octanol–water partition coefficient (Wildman–Crippen LogP) is 3.83. The summed E-state index contributed by atoms with van der Waals surface area (Å²) in [6.07, 6.45) is 5.95. The van der Waals surface area contributed by atoms with Gasteiger partial charge in [0.1, 0.15) is 5.82 Å². The van der Waals surface area contributed by atoms with Crippen LogP contribution in [0.25, 0.3) is 0 Å². The summed E-state index contributed by atoms with van der Waals surface area (Å²) in [5.74, 6) is 1.06. The Bertz CT molecular complexity index is 873. The van der Waals surface area contributed by atoms with Crippen molar-refractivity contribution in [1.29, 1.82) is 0 Å². The third-order valence-electron chi connectivity index (χ3n) is 5.74. The molecule has 0 atom stereocenters. The minimum absolute atomic E-state index is 0.0341. The van der Waals surface area contributed by atoms with Crippen LogP contribution in [0.5, 0.6) is 0 Å². The molecule has 0 spiro atoms. The van der Waals surface area contributed by atoms with Gasteiger partial charge in [-0.15, -0.1) is 0 Å². The zero-order valence-corrected chi connectivity index (χ0v) is 17.1. The summed E-state index contributed by atoms with van der Waals surface area (Å²) in [6, 6.07) is 11.0. The van der Waals surface area contributed by atoms with Gasteiger partial charge in [0.05, 0.1) is 22.5 Å². The number of amides is 2. The molecule has 2 aromatic rings. The van der Waals surface area contributed by atoms with Crippen molar-refractivity contribution in [3.8, 4) is 0 Å². The maximum Gasteiger partial charge on any atom is 0.255 e. The fraction of sp³-hybridized carbons (Fsp3) is 0.409. The first kappa shape index (κ1) is 19.7. The standard InChI is InChI=1S/C22H25ClN4O2/c23-19-8-4-3-7-18(19)22(29)27-13-11-26(12-14-27)20-10-9-17(15-24-20)25-21(28)16-5-1-2-6-16/h3-4,7-10,15-16H,1-2,5-6,11-14H2,(H,25,28). The number of hydrogen-bond acceptors (Lipinski definition) is 4. The monoisotopic (exact) mass is 412 g/mol. The largest absolute Gasteiger partial charge is 0.353 e. The van der Waals surface area contributed by atoms with Crippen LogP contribution in [0.15, 0.2) is 42.6 Å². The van der Waals surface area contributed by atoms with Gasteiger partial charge in [0.25, 0.3) is 5.91 Å². The van der Waals surface area contributed by atoms with E-state index in [1.807, 2.05) is 29.2 Å². The molecular weight excluding hydrogens is 388 g/mol. The Balaban J connectivity index is 1.32. The second kappa shape index (κ2) is 8.82. The molecule has 1 aromatic heterocycles. The van der Waals surface area contributed by atoms with Crippen LogP contribution >= 0.6 is 11.6 Å². The van der Waals surface area contributed by atoms with Crippen LogP contribution in [0, 0.1) is 5.92 Å². The molecule has 1 N–H and O–H groups in total. The highest BCUT2D eigenvalue weighted by molar-refractivity contribution is 6.33. The lowest BCUT2D eigenvalue weighted by Gasteiger charge is -2.35. The number of piperazine rings is 1. The van der Waals surface area contributed by atoms with E-state index in [1.54, 1.807) is 18.3 Å². The molecule has 29 heavy (non-hydrogen) atoms. The van der Waals surface area contributed by atoms with Gasteiger partial charge in [0.15, 0.2) is 0 Å². The van der Waals surface area contributed by atoms with Crippen molar-refractivity contribution in [1.82, 2.24) is 9.88 Å². The Morgan fingerprint density at radius 3 is 2.38 bits per heavy atom. The van der Waals surface area contributed by atoms with Crippen LogP contribution in [0.4, 0.5) is 11.5 Å². The van der Waals surface area contributed by atoms with Gasteiger partial charge < -0.3 is 15.1 Å². The zero-order chi connectivity index (χ0) is 20.2. The number of benzene rings is 1. The van der Waals surface area contributed by atoms with Crippen LogP contribution < -0.4 is 10.2 Å². The van der Waals surface area contributed by atoms with Crippen molar-refractivity contribution >= 4 is 34.9 Å². The molecule has 7 heteroatoms. The maximum atomic E-state index is 12.7. The summed E-state index contributed by atoms with van der Waals surface area (Å²) in [5.41, 5.74) is 1.28. The van der Waals surface area contributed by atoms with Crippen molar-refractivity contribution in [2.45, 2.75) is 25.7 Å². The van der Waals surface area contributed by atoms with E-state index in [9.17, 15) is 9.59 Å². The van der Waals surface area contributed by atoms with E-state index in [2.05, 4.69) is 15.2 Å². The first-order valence-corrected chi connectivity index (χ1v) is 10.6. The highest BCUT2D eigenvalue weighted by Crippen LogP contribution is 2.26. The average molecular weight is 413 g/mol. The summed E-state index contributed by atoms with van der Waals surface area (Å²) in [7, 11) is 0. The van der Waals surface area contributed by atoms with Gasteiger partial charge in [-0.25, -0.2) is 4.98 Å². The highest BCUT2D eigenvalue weighted by atomic mass is 35.5. The fourth-order valence-corrected chi connectivity index (χ4v) is 4.24. The van der Waals surface area contributed by atoms with Gasteiger partial charge in [-0.05, 0) is 37.1 Å². The summed E-state index contributed by atoms with van der Waals surface area (Å²) >= 11 is 6.16. The smallest absolute Gasteiger partial charge is 0.255 e. The molecule has 1 aromatic carbocycles. The second-order valence-corrected chi connectivity index (χ2v) is 8.04. The van der Waals surface area contributed by atoms with Crippen LogP contribution in [0.2, 0.25) is 5.02 Å². The molecule has 1 aliphatic heterocycles. The summed E-state index contributed by atoms with van der Waals surface area (Å²) in [4.78, 5) is 33.4. The van der Waals surface area contributed by atoms with Gasteiger partial charge in [-0.3, -0.25) is 9.59 Å². The van der Waals surface area contributed by atoms with Crippen LogP contribution in [0.1, 0.15) is 36.0 Å². The Morgan fingerprint density at radius 1 is 1.00 bits per heavy atom. The Hall–Kier alpha value is -2.60. The van der Waals surface area contributed by atoms with E-state index in [0.29, 0.717) is 36.8 Å². The number of nitrogens with one attached hydrogen (secondary N) is 1. The van der Waals surface area contributed by atoms with E-state index in [1.165, 1.54) is 0 Å². The van der Waals surface area contributed by atoms with Crippen molar-refractivity contribution in [3.05, 3.63) is 53.2 Å². The number of carbonyl (C=O) groups is 2. The van der Waals surface area contributed by atoms with E-state index >= 15 is 0 Å². The number of rotatable bonds is 4. The molecule has 0 radical (unpaired) electrons.